The lowest BCUT2D eigenvalue weighted by molar-refractivity contribution is 0.234. The van der Waals surface area contributed by atoms with Gasteiger partial charge < -0.3 is 15.1 Å². The normalized spacial score (nSPS) is 19.0. The molecule has 0 radical (unpaired) electrons. The van der Waals surface area contributed by atoms with Crippen molar-refractivity contribution in [2.24, 2.45) is 0 Å². The van der Waals surface area contributed by atoms with Crippen LogP contribution in [0.15, 0.2) is 47.1 Å². The predicted molar refractivity (Wildman–Crippen MR) is 80.9 cm³/mol. The van der Waals surface area contributed by atoms with Crippen LogP contribution in [0.4, 0.5) is 4.79 Å². The highest BCUT2D eigenvalue weighted by molar-refractivity contribution is 5.74. The third-order valence-electron chi connectivity index (χ3n) is 4.09. The second-order valence-electron chi connectivity index (χ2n) is 6.13. The molecule has 4 heteroatoms. The van der Waals surface area contributed by atoms with Crippen LogP contribution in [0.1, 0.15) is 43.2 Å². The zero-order valence-corrected chi connectivity index (χ0v) is 12.3. The van der Waals surface area contributed by atoms with Crippen molar-refractivity contribution in [3.63, 3.8) is 0 Å². The van der Waals surface area contributed by atoms with E-state index in [0.29, 0.717) is 6.54 Å². The summed E-state index contributed by atoms with van der Waals surface area (Å²) >= 11 is 0. The van der Waals surface area contributed by atoms with Gasteiger partial charge in [0.05, 0.1) is 18.8 Å². The zero-order valence-electron chi connectivity index (χ0n) is 12.3. The Labute approximate surface area is 124 Å². The smallest absolute Gasteiger partial charge is 0.315 e. The molecule has 1 aromatic carbocycles. The SMILES string of the molecule is CC1(C)CC(NC(=O)NCc2ccco2)c2ccccc21. The summed E-state index contributed by atoms with van der Waals surface area (Å²) < 4.78 is 5.20. The molecule has 2 N–H and O–H groups in total. The van der Waals surface area contributed by atoms with Crippen molar-refractivity contribution in [1.29, 1.82) is 0 Å². The molecular formula is C17H20N2O2. The fraction of sp³-hybridized carbons (Fsp3) is 0.353. The molecule has 0 saturated carbocycles. The van der Waals surface area contributed by atoms with Gasteiger partial charge in [-0.2, -0.15) is 0 Å². The summed E-state index contributed by atoms with van der Waals surface area (Å²) in [6.07, 6.45) is 2.52. The molecule has 4 nitrogen and oxygen atoms in total. The van der Waals surface area contributed by atoms with Crippen LogP contribution in [0.2, 0.25) is 0 Å². The lowest BCUT2D eigenvalue weighted by Crippen LogP contribution is -2.37. The Balaban J connectivity index is 1.65. The number of carbonyl (C=O) groups is 1. The van der Waals surface area contributed by atoms with Crippen molar-refractivity contribution in [3.05, 3.63) is 59.5 Å². The van der Waals surface area contributed by atoms with E-state index in [1.807, 2.05) is 18.2 Å². The highest BCUT2D eigenvalue weighted by atomic mass is 16.3. The summed E-state index contributed by atoms with van der Waals surface area (Å²) in [6.45, 7) is 4.83. The van der Waals surface area contributed by atoms with Gasteiger partial charge in [0.1, 0.15) is 5.76 Å². The maximum Gasteiger partial charge on any atom is 0.315 e. The van der Waals surface area contributed by atoms with Crippen LogP contribution in [-0.2, 0) is 12.0 Å². The van der Waals surface area contributed by atoms with Crippen molar-refractivity contribution in [3.8, 4) is 0 Å². The topological polar surface area (TPSA) is 54.3 Å². The van der Waals surface area contributed by atoms with E-state index < -0.39 is 0 Å². The summed E-state index contributed by atoms with van der Waals surface area (Å²) in [5.74, 6) is 0.748. The summed E-state index contributed by atoms with van der Waals surface area (Å²) in [4.78, 5) is 12.1. The van der Waals surface area contributed by atoms with Crippen molar-refractivity contribution in [2.45, 2.75) is 38.3 Å². The monoisotopic (exact) mass is 284 g/mol. The van der Waals surface area contributed by atoms with Gasteiger partial charge in [0.2, 0.25) is 0 Å². The molecule has 0 saturated heterocycles. The van der Waals surface area contributed by atoms with Gasteiger partial charge >= 0.3 is 6.03 Å². The number of hydrogen-bond acceptors (Lipinski definition) is 2. The fourth-order valence-electron chi connectivity index (χ4n) is 3.07. The number of hydrogen-bond donors (Lipinski definition) is 2. The highest BCUT2D eigenvalue weighted by Gasteiger charge is 2.37. The van der Waals surface area contributed by atoms with E-state index in [1.165, 1.54) is 11.1 Å². The molecule has 1 aromatic heterocycles. The number of carbonyl (C=O) groups excluding carboxylic acids is 1. The molecule has 1 heterocycles. The third-order valence-corrected chi connectivity index (χ3v) is 4.09. The highest BCUT2D eigenvalue weighted by Crippen LogP contribution is 2.44. The van der Waals surface area contributed by atoms with Crippen LogP contribution in [0.3, 0.4) is 0 Å². The molecular weight excluding hydrogens is 264 g/mol. The van der Waals surface area contributed by atoms with E-state index in [2.05, 4.69) is 42.7 Å². The van der Waals surface area contributed by atoms with Gasteiger partial charge in [-0.1, -0.05) is 38.1 Å². The lowest BCUT2D eigenvalue weighted by atomic mass is 9.86. The van der Waals surface area contributed by atoms with Gasteiger partial charge in [-0.3, -0.25) is 0 Å². The van der Waals surface area contributed by atoms with Crippen LogP contribution in [0.5, 0.6) is 0 Å². The van der Waals surface area contributed by atoms with E-state index in [1.54, 1.807) is 6.26 Å². The molecule has 0 fully saturated rings. The summed E-state index contributed by atoms with van der Waals surface area (Å²) in [5, 5.41) is 5.89. The number of amides is 2. The zero-order chi connectivity index (χ0) is 14.9. The molecule has 1 atom stereocenters. The average molecular weight is 284 g/mol. The molecule has 3 rings (SSSR count). The Bertz CT molecular complexity index is 632. The molecule has 1 unspecified atom stereocenters. The Morgan fingerprint density at radius 2 is 2.10 bits per heavy atom. The Morgan fingerprint density at radius 3 is 2.86 bits per heavy atom. The number of benzene rings is 1. The van der Waals surface area contributed by atoms with Crippen molar-refractivity contribution in [1.82, 2.24) is 10.6 Å². The summed E-state index contributed by atoms with van der Waals surface area (Å²) in [7, 11) is 0. The molecule has 1 aliphatic rings. The van der Waals surface area contributed by atoms with Gasteiger partial charge in [-0.25, -0.2) is 4.79 Å². The first-order valence-electron chi connectivity index (χ1n) is 7.22. The van der Waals surface area contributed by atoms with E-state index in [9.17, 15) is 4.79 Å². The standard InChI is InChI=1S/C17H20N2O2/c1-17(2)10-15(13-7-3-4-8-14(13)17)19-16(20)18-11-12-6-5-9-21-12/h3-9,15H,10-11H2,1-2H3,(H2,18,19,20). The Morgan fingerprint density at radius 1 is 1.29 bits per heavy atom. The van der Waals surface area contributed by atoms with Gasteiger partial charge in [0.25, 0.3) is 0 Å². The number of fused-ring (bicyclic) bond motifs is 1. The average Bonchev–Trinajstić information content (AvgIpc) is 3.05. The van der Waals surface area contributed by atoms with Crippen molar-refractivity contribution < 1.29 is 9.21 Å². The molecule has 2 aromatic rings. The first kappa shape index (κ1) is 13.7. The van der Waals surface area contributed by atoms with Crippen LogP contribution in [0.25, 0.3) is 0 Å². The second-order valence-corrected chi connectivity index (χ2v) is 6.13. The number of nitrogens with one attached hydrogen (secondary N) is 2. The molecule has 0 aliphatic heterocycles. The van der Waals surface area contributed by atoms with E-state index >= 15 is 0 Å². The molecule has 0 bridgehead atoms. The summed E-state index contributed by atoms with van der Waals surface area (Å²) in [6, 6.07) is 11.9. The van der Waals surface area contributed by atoms with Crippen LogP contribution >= 0.6 is 0 Å². The van der Waals surface area contributed by atoms with Gasteiger partial charge in [-0.05, 0) is 35.1 Å². The first-order valence-corrected chi connectivity index (χ1v) is 7.22. The largest absolute Gasteiger partial charge is 0.467 e. The third kappa shape index (κ3) is 2.79. The minimum atomic E-state index is -0.163. The molecule has 2 amide bonds. The lowest BCUT2D eigenvalue weighted by Gasteiger charge is -2.19. The van der Waals surface area contributed by atoms with E-state index in [4.69, 9.17) is 4.42 Å². The number of furan rings is 1. The van der Waals surface area contributed by atoms with Crippen LogP contribution in [0, 0.1) is 0 Å². The predicted octanol–water partition coefficient (Wildman–Crippen LogP) is 3.50. The summed E-state index contributed by atoms with van der Waals surface area (Å²) in [5.41, 5.74) is 2.63. The number of urea groups is 1. The quantitative estimate of drug-likeness (QED) is 0.906. The van der Waals surface area contributed by atoms with Crippen LogP contribution in [-0.4, -0.2) is 6.03 Å². The van der Waals surface area contributed by atoms with Crippen molar-refractivity contribution >= 4 is 6.03 Å². The fourth-order valence-corrected chi connectivity index (χ4v) is 3.07. The van der Waals surface area contributed by atoms with Crippen molar-refractivity contribution in [2.75, 3.05) is 0 Å². The minimum Gasteiger partial charge on any atom is -0.467 e. The van der Waals surface area contributed by atoms with Gasteiger partial charge in [0.15, 0.2) is 0 Å². The van der Waals surface area contributed by atoms with E-state index in [-0.39, 0.29) is 17.5 Å². The van der Waals surface area contributed by atoms with Crippen LogP contribution < -0.4 is 10.6 Å². The van der Waals surface area contributed by atoms with Gasteiger partial charge in [-0.15, -0.1) is 0 Å². The molecule has 1 aliphatic carbocycles. The number of rotatable bonds is 3. The Kier molecular flexibility index (Phi) is 3.45. The second kappa shape index (κ2) is 5.28. The minimum absolute atomic E-state index is 0.0628. The Hall–Kier alpha value is -2.23. The van der Waals surface area contributed by atoms with E-state index in [0.717, 1.165) is 12.2 Å². The first-order chi connectivity index (χ1) is 10.1. The maximum absolute atomic E-state index is 12.1. The molecule has 110 valence electrons. The molecule has 21 heavy (non-hydrogen) atoms. The molecule has 0 spiro atoms. The van der Waals surface area contributed by atoms with Gasteiger partial charge in [0, 0.05) is 0 Å². The maximum atomic E-state index is 12.1.